The van der Waals surface area contributed by atoms with E-state index in [9.17, 15) is 9.50 Å². The van der Waals surface area contributed by atoms with Crippen LogP contribution in [0.25, 0.3) is 11.1 Å². The summed E-state index contributed by atoms with van der Waals surface area (Å²) in [6, 6.07) is 12.6. The summed E-state index contributed by atoms with van der Waals surface area (Å²) in [5.74, 6) is -0.301. The number of morpholine rings is 1. The van der Waals surface area contributed by atoms with E-state index in [2.05, 4.69) is 12.2 Å². The Morgan fingerprint density at radius 2 is 2.00 bits per heavy atom. The minimum atomic E-state index is -0.301. The van der Waals surface area contributed by atoms with Gasteiger partial charge in [0.1, 0.15) is 5.82 Å². The molecule has 2 atom stereocenters. The molecule has 0 amide bonds. The Bertz CT molecular complexity index is 642. The fourth-order valence-corrected chi connectivity index (χ4v) is 2.92. The topological polar surface area (TPSA) is 41.5 Å². The van der Waals surface area contributed by atoms with Crippen LogP contribution in [0, 0.1) is 5.82 Å². The number of benzene rings is 2. The number of hydrogen-bond donors (Lipinski definition) is 2. The fourth-order valence-electron chi connectivity index (χ4n) is 2.92. The van der Waals surface area contributed by atoms with Crippen molar-refractivity contribution in [2.75, 3.05) is 13.2 Å². The van der Waals surface area contributed by atoms with Crippen molar-refractivity contribution in [2.45, 2.75) is 25.7 Å². The van der Waals surface area contributed by atoms with Crippen molar-refractivity contribution in [1.29, 1.82) is 0 Å². The maximum atomic E-state index is 13.5. The van der Waals surface area contributed by atoms with Gasteiger partial charge in [-0.05, 0) is 41.3 Å². The van der Waals surface area contributed by atoms with E-state index in [1.54, 1.807) is 6.07 Å². The largest absolute Gasteiger partial charge is 0.392 e. The van der Waals surface area contributed by atoms with Crippen molar-refractivity contribution in [1.82, 2.24) is 5.32 Å². The number of ether oxygens (including phenoxy) is 1. The molecule has 22 heavy (non-hydrogen) atoms. The summed E-state index contributed by atoms with van der Waals surface area (Å²) in [7, 11) is 0. The molecule has 0 aromatic heterocycles. The molecule has 4 heteroatoms. The molecule has 0 radical (unpaired) electrons. The molecular weight excluding hydrogens is 281 g/mol. The molecule has 2 aromatic rings. The van der Waals surface area contributed by atoms with E-state index in [0.29, 0.717) is 6.61 Å². The maximum absolute atomic E-state index is 13.5. The number of hydrogen-bond acceptors (Lipinski definition) is 3. The van der Waals surface area contributed by atoms with Gasteiger partial charge in [-0.25, -0.2) is 4.39 Å². The van der Waals surface area contributed by atoms with E-state index in [1.165, 1.54) is 12.1 Å². The lowest BCUT2D eigenvalue weighted by molar-refractivity contribution is -0.000215. The van der Waals surface area contributed by atoms with Crippen LogP contribution in [-0.2, 0) is 11.3 Å². The molecule has 3 rings (SSSR count). The molecule has 2 N–H and O–H groups in total. The molecule has 1 heterocycles. The van der Waals surface area contributed by atoms with Gasteiger partial charge in [0.25, 0.3) is 0 Å². The van der Waals surface area contributed by atoms with E-state index >= 15 is 0 Å². The van der Waals surface area contributed by atoms with Crippen LogP contribution in [0.1, 0.15) is 24.2 Å². The predicted molar refractivity (Wildman–Crippen MR) is 83.9 cm³/mol. The van der Waals surface area contributed by atoms with E-state index in [0.717, 1.165) is 28.8 Å². The van der Waals surface area contributed by atoms with Crippen LogP contribution < -0.4 is 5.32 Å². The average molecular weight is 301 g/mol. The zero-order valence-corrected chi connectivity index (χ0v) is 12.6. The summed E-state index contributed by atoms with van der Waals surface area (Å²) in [4.78, 5) is 0. The van der Waals surface area contributed by atoms with Gasteiger partial charge in [0, 0.05) is 12.6 Å². The van der Waals surface area contributed by atoms with Gasteiger partial charge in [0.15, 0.2) is 0 Å². The van der Waals surface area contributed by atoms with Crippen molar-refractivity contribution in [3.8, 4) is 11.1 Å². The molecule has 1 aliphatic rings. The maximum Gasteiger partial charge on any atom is 0.123 e. The van der Waals surface area contributed by atoms with Crippen molar-refractivity contribution >= 4 is 0 Å². The second-order valence-corrected chi connectivity index (χ2v) is 5.62. The highest BCUT2D eigenvalue weighted by Gasteiger charge is 2.23. The second kappa shape index (κ2) is 6.57. The van der Waals surface area contributed by atoms with Gasteiger partial charge in [0.05, 0.1) is 19.3 Å². The third-order valence-electron chi connectivity index (χ3n) is 4.11. The van der Waals surface area contributed by atoms with Crippen LogP contribution in [0.3, 0.4) is 0 Å². The van der Waals surface area contributed by atoms with Crippen LogP contribution in [0.2, 0.25) is 0 Å². The Kier molecular flexibility index (Phi) is 4.52. The van der Waals surface area contributed by atoms with Crippen LogP contribution in [0.15, 0.2) is 42.5 Å². The molecule has 0 unspecified atom stereocenters. The summed E-state index contributed by atoms with van der Waals surface area (Å²) in [5, 5.41) is 12.8. The molecule has 0 saturated carbocycles. The Labute approximate surface area is 129 Å². The van der Waals surface area contributed by atoms with Crippen molar-refractivity contribution in [2.24, 2.45) is 0 Å². The van der Waals surface area contributed by atoms with Gasteiger partial charge in [-0.2, -0.15) is 0 Å². The van der Waals surface area contributed by atoms with Crippen molar-refractivity contribution < 1.29 is 14.2 Å². The lowest BCUT2D eigenvalue weighted by Gasteiger charge is -2.30. The number of nitrogens with one attached hydrogen (secondary N) is 1. The van der Waals surface area contributed by atoms with Crippen molar-refractivity contribution in [3.05, 3.63) is 59.4 Å². The SMILES string of the molecule is C[C@@H]1NCCO[C@H]1c1ccc(-c2cc(F)ccc2CO)cc1. The summed E-state index contributed by atoms with van der Waals surface area (Å²) >= 11 is 0. The fraction of sp³-hybridized carbons (Fsp3) is 0.333. The third kappa shape index (κ3) is 3.04. The summed E-state index contributed by atoms with van der Waals surface area (Å²) in [5.41, 5.74) is 3.44. The van der Waals surface area contributed by atoms with Gasteiger partial charge in [-0.3, -0.25) is 0 Å². The Morgan fingerprint density at radius 3 is 2.68 bits per heavy atom. The number of aliphatic hydroxyl groups is 1. The first-order valence-corrected chi connectivity index (χ1v) is 7.53. The second-order valence-electron chi connectivity index (χ2n) is 5.62. The summed E-state index contributed by atoms with van der Waals surface area (Å²) in [6.07, 6.45) is 0.0348. The predicted octanol–water partition coefficient (Wildman–Crippen LogP) is 3.03. The Hall–Kier alpha value is -1.75. The van der Waals surface area contributed by atoms with Crippen LogP contribution in [-0.4, -0.2) is 24.3 Å². The van der Waals surface area contributed by atoms with E-state index < -0.39 is 0 Å². The lowest BCUT2D eigenvalue weighted by Crippen LogP contribution is -2.41. The quantitative estimate of drug-likeness (QED) is 0.915. The monoisotopic (exact) mass is 301 g/mol. The average Bonchev–Trinajstić information content (AvgIpc) is 2.55. The third-order valence-corrected chi connectivity index (χ3v) is 4.11. The molecule has 116 valence electrons. The normalized spacial score (nSPS) is 21.8. The minimum Gasteiger partial charge on any atom is -0.392 e. The molecule has 0 bridgehead atoms. The molecule has 1 fully saturated rings. The van der Waals surface area contributed by atoms with Crippen molar-refractivity contribution in [3.63, 3.8) is 0 Å². The smallest absolute Gasteiger partial charge is 0.123 e. The van der Waals surface area contributed by atoms with Crippen LogP contribution in [0.5, 0.6) is 0 Å². The summed E-state index contributed by atoms with van der Waals surface area (Å²) < 4.78 is 19.3. The lowest BCUT2D eigenvalue weighted by atomic mass is 9.96. The first kappa shape index (κ1) is 15.2. The Morgan fingerprint density at radius 1 is 1.23 bits per heavy atom. The molecule has 2 aromatic carbocycles. The number of aliphatic hydroxyl groups excluding tert-OH is 1. The van der Waals surface area contributed by atoms with Gasteiger partial charge in [-0.1, -0.05) is 30.3 Å². The van der Waals surface area contributed by atoms with E-state index in [-0.39, 0.29) is 24.6 Å². The highest BCUT2D eigenvalue weighted by molar-refractivity contribution is 5.67. The highest BCUT2D eigenvalue weighted by atomic mass is 19.1. The number of halogens is 1. The minimum absolute atomic E-state index is 0.0348. The van der Waals surface area contributed by atoms with Gasteiger partial charge in [-0.15, -0.1) is 0 Å². The van der Waals surface area contributed by atoms with Crippen LogP contribution in [0.4, 0.5) is 4.39 Å². The van der Waals surface area contributed by atoms with Gasteiger partial charge < -0.3 is 15.2 Å². The zero-order chi connectivity index (χ0) is 15.5. The van der Waals surface area contributed by atoms with Gasteiger partial charge in [0.2, 0.25) is 0 Å². The molecular formula is C18H20FNO2. The first-order valence-electron chi connectivity index (χ1n) is 7.53. The van der Waals surface area contributed by atoms with Crippen LogP contribution >= 0.6 is 0 Å². The standard InChI is InChI=1S/C18H20FNO2/c1-12-18(22-9-8-20-12)14-4-2-13(3-5-14)17-10-16(19)7-6-15(17)11-21/h2-7,10,12,18,20-21H,8-9,11H2,1H3/t12-,18+/m0/s1. The molecule has 0 spiro atoms. The first-order chi connectivity index (χ1) is 10.7. The van der Waals surface area contributed by atoms with E-state index in [4.69, 9.17) is 4.74 Å². The Balaban J connectivity index is 1.90. The number of rotatable bonds is 3. The molecule has 0 aliphatic carbocycles. The highest BCUT2D eigenvalue weighted by Crippen LogP contribution is 2.29. The summed E-state index contributed by atoms with van der Waals surface area (Å²) in [6.45, 7) is 3.58. The van der Waals surface area contributed by atoms with Gasteiger partial charge >= 0.3 is 0 Å². The molecule has 1 saturated heterocycles. The zero-order valence-electron chi connectivity index (χ0n) is 12.6. The van der Waals surface area contributed by atoms with E-state index in [1.807, 2.05) is 24.3 Å². The molecule has 3 nitrogen and oxygen atoms in total. The molecule has 1 aliphatic heterocycles.